The van der Waals surface area contributed by atoms with Crippen molar-refractivity contribution in [1.82, 2.24) is 9.55 Å². The summed E-state index contributed by atoms with van der Waals surface area (Å²) in [5.41, 5.74) is -0.550. The molecule has 8 nitrogen and oxygen atoms in total. The summed E-state index contributed by atoms with van der Waals surface area (Å²) in [6, 6.07) is 2.76. The number of rotatable bonds is 8. The molecule has 0 spiro atoms. The second-order valence-corrected chi connectivity index (χ2v) is 17.3. The van der Waals surface area contributed by atoms with Gasteiger partial charge < -0.3 is 19.4 Å². The quantitative estimate of drug-likeness (QED) is 0.456. The van der Waals surface area contributed by atoms with Gasteiger partial charge in [-0.15, -0.1) is 0 Å². The van der Waals surface area contributed by atoms with Crippen LogP contribution in [0.3, 0.4) is 0 Å². The van der Waals surface area contributed by atoms with Gasteiger partial charge in [0.15, 0.2) is 0 Å². The predicted octanol–water partition coefficient (Wildman–Crippen LogP) is 3.36. The minimum absolute atomic E-state index is 0.0341. The van der Waals surface area contributed by atoms with Crippen LogP contribution in [0, 0.1) is 5.92 Å². The van der Waals surface area contributed by atoms with E-state index in [-0.39, 0.29) is 24.1 Å². The van der Waals surface area contributed by atoms with E-state index in [1.807, 2.05) is 27.7 Å². The van der Waals surface area contributed by atoms with Crippen molar-refractivity contribution in [2.24, 2.45) is 5.92 Å². The van der Waals surface area contributed by atoms with Gasteiger partial charge in [0.25, 0.3) is 5.56 Å². The van der Waals surface area contributed by atoms with E-state index in [0.717, 1.165) is 18.9 Å². The third kappa shape index (κ3) is 5.30. The number of fused-ring (bicyclic) bond motifs is 1. The highest BCUT2D eigenvalue weighted by Gasteiger charge is 2.52. The third-order valence-corrected chi connectivity index (χ3v) is 8.64. The third-order valence-electron chi connectivity index (χ3n) is 6.93. The second-order valence-electron chi connectivity index (χ2n) is 11.7. The van der Waals surface area contributed by atoms with Crippen LogP contribution in [0.5, 0.6) is 0 Å². The number of pyridine rings is 2. The molecular formula is C24H36BN3O5Si. The predicted molar refractivity (Wildman–Crippen MR) is 137 cm³/mol. The van der Waals surface area contributed by atoms with Gasteiger partial charge in [0.2, 0.25) is 5.91 Å². The zero-order chi connectivity index (χ0) is 24.9. The minimum atomic E-state index is -1.24. The van der Waals surface area contributed by atoms with E-state index in [0.29, 0.717) is 28.7 Å². The van der Waals surface area contributed by atoms with Crippen molar-refractivity contribution in [1.29, 1.82) is 0 Å². The van der Waals surface area contributed by atoms with E-state index in [4.69, 9.17) is 14.0 Å². The van der Waals surface area contributed by atoms with Crippen LogP contribution in [-0.4, -0.2) is 48.5 Å². The number of anilines is 1. The molecule has 2 aliphatic rings. The summed E-state index contributed by atoms with van der Waals surface area (Å²) < 4.78 is 20.0. The number of carbonyl (C=O) groups excluding carboxylic acids is 1. The van der Waals surface area contributed by atoms with Crippen LogP contribution in [0.4, 0.5) is 5.82 Å². The molecule has 10 heteroatoms. The first kappa shape index (κ1) is 25.1. The average molecular weight is 485 g/mol. The summed E-state index contributed by atoms with van der Waals surface area (Å²) in [5, 5.41) is 3.97. The number of ether oxygens (including phenoxy) is 1. The molecular weight excluding hydrogens is 449 g/mol. The molecule has 1 aliphatic heterocycles. The lowest BCUT2D eigenvalue weighted by Crippen LogP contribution is -2.41. The maximum Gasteiger partial charge on any atom is 0.496 e. The van der Waals surface area contributed by atoms with Crippen LogP contribution < -0.4 is 16.3 Å². The largest absolute Gasteiger partial charge is 0.496 e. The average Bonchev–Trinajstić information content (AvgIpc) is 3.53. The van der Waals surface area contributed by atoms with Crippen LogP contribution >= 0.6 is 0 Å². The first-order chi connectivity index (χ1) is 15.8. The van der Waals surface area contributed by atoms with E-state index >= 15 is 0 Å². The van der Waals surface area contributed by atoms with Crippen molar-refractivity contribution >= 4 is 43.2 Å². The van der Waals surface area contributed by atoms with Gasteiger partial charge in [-0.05, 0) is 58.0 Å². The molecule has 3 heterocycles. The van der Waals surface area contributed by atoms with E-state index in [9.17, 15) is 9.59 Å². The van der Waals surface area contributed by atoms with Gasteiger partial charge in [-0.1, -0.05) is 19.6 Å². The number of hydrogen-bond acceptors (Lipinski definition) is 6. The standard InChI is InChI=1S/C24H36BN3O5Si/c1-23(2)24(3,4)33-25(32-23)19-14-28(15-31-10-11-34(5,6)7)22(30)18-13-26-20(12-17(18)19)27-21(29)16-8-9-16/h12-14,16H,8-11,15H2,1-7H3,(H,26,27,29). The van der Waals surface area contributed by atoms with Crippen LogP contribution in [-0.2, 0) is 25.6 Å². The molecule has 0 radical (unpaired) electrons. The van der Waals surface area contributed by atoms with Gasteiger partial charge in [-0.2, -0.15) is 0 Å². The van der Waals surface area contributed by atoms with E-state index in [2.05, 4.69) is 29.9 Å². The summed E-state index contributed by atoms with van der Waals surface area (Å²) >= 11 is 0. The minimum Gasteiger partial charge on any atom is -0.399 e. The Labute approximate surface area is 202 Å². The van der Waals surface area contributed by atoms with Crippen molar-refractivity contribution in [3.63, 3.8) is 0 Å². The van der Waals surface area contributed by atoms with Crippen molar-refractivity contribution in [3.05, 3.63) is 28.8 Å². The Morgan fingerprint density at radius 1 is 1.21 bits per heavy atom. The van der Waals surface area contributed by atoms with Crippen LogP contribution in [0.1, 0.15) is 40.5 Å². The molecule has 34 heavy (non-hydrogen) atoms. The fraction of sp³-hybridized carbons (Fsp3) is 0.625. The Kier molecular flexibility index (Phi) is 6.56. The molecule has 1 aliphatic carbocycles. The van der Waals surface area contributed by atoms with Gasteiger partial charge in [0.1, 0.15) is 12.5 Å². The highest BCUT2D eigenvalue weighted by molar-refractivity contribution is 6.76. The van der Waals surface area contributed by atoms with Gasteiger partial charge in [-0.3, -0.25) is 14.2 Å². The molecule has 184 valence electrons. The van der Waals surface area contributed by atoms with Gasteiger partial charge in [0, 0.05) is 38.5 Å². The molecule has 0 unspecified atom stereocenters. The molecule has 0 bridgehead atoms. The fourth-order valence-electron chi connectivity index (χ4n) is 3.75. The number of carbonyl (C=O) groups is 1. The number of amides is 1. The summed E-state index contributed by atoms with van der Waals surface area (Å²) in [6.07, 6.45) is 5.09. The Balaban J connectivity index is 1.71. The van der Waals surface area contributed by atoms with Crippen molar-refractivity contribution in [2.75, 3.05) is 11.9 Å². The molecule has 1 N–H and O–H groups in total. The lowest BCUT2D eigenvalue weighted by molar-refractivity contribution is -0.117. The maximum atomic E-state index is 13.3. The van der Waals surface area contributed by atoms with Crippen LogP contribution in [0.25, 0.3) is 10.8 Å². The zero-order valence-electron chi connectivity index (χ0n) is 21.4. The monoisotopic (exact) mass is 485 g/mol. The Morgan fingerprint density at radius 3 is 2.44 bits per heavy atom. The SMILES string of the molecule is CC1(C)OB(c2cn(COCC[Si](C)(C)C)c(=O)c3cnc(NC(=O)C4CC4)cc23)OC1(C)C. The lowest BCUT2D eigenvalue weighted by atomic mass is 9.77. The van der Waals surface area contributed by atoms with Crippen LogP contribution in [0.2, 0.25) is 25.7 Å². The number of nitrogens with one attached hydrogen (secondary N) is 1. The molecule has 0 aromatic carbocycles. The van der Waals surface area contributed by atoms with Gasteiger partial charge in [-0.25, -0.2) is 4.98 Å². The van der Waals surface area contributed by atoms with Crippen molar-refractivity contribution in [3.8, 4) is 0 Å². The second kappa shape index (κ2) is 8.89. The molecule has 1 saturated carbocycles. The normalized spacial score (nSPS) is 19.6. The Hall–Kier alpha value is -2.01. The highest BCUT2D eigenvalue weighted by Crippen LogP contribution is 2.37. The summed E-state index contributed by atoms with van der Waals surface area (Å²) in [5.74, 6) is 0.445. The van der Waals surface area contributed by atoms with Crippen molar-refractivity contribution < 1.29 is 18.8 Å². The summed E-state index contributed by atoms with van der Waals surface area (Å²) in [6.45, 7) is 15.6. The maximum absolute atomic E-state index is 13.3. The first-order valence-electron chi connectivity index (χ1n) is 12.0. The number of nitrogens with zero attached hydrogens (tertiary/aromatic N) is 2. The molecule has 1 amide bonds. The molecule has 4 rings (SSSR count). The molecule has 2 aromatic rings. The fourth-order valence-corrected chi connectivity index (χ4v) is 4.51. The molecule has 1 saturated heterocycles. The van der Waals surface area contributed by atoms with Crippen molar-refractivity contribution in [2.45, 2.75) is 84.2 Å². The molecule has 2 aromatic heterocycles. The lowest BCUT2D eigenvalue weighted by Gasteiger charge is -2.32. The van der Waals surface area contributed by atoms with E-state index in [1.54, 1.807) is 16.8 Å². The Bertz CT molecular complexity index is 1140. The highest BCUT2D eigenvalue weighted by atomic mass is 28.3. The van der Waals surface area contributed by atoms with E-state index < -0.39 is 26.4 Å². The van der Waals surface area contributed by atoms with Gasteiger partial charge >= 0.3 is 7.12 Å². The first-order valence-corrected chi connectivity index (χ1v) is 15.8. The molecule has 0 atom stereocenters. The van der Waals surface area contributed by atoms with Gasteiger partial charge in [0.05, 0.1) is 16.6 Å². The summed E-state index contributed by atoms with van der Waals surface area (Å²) in [7, 11) is -1.91. The smallest absolute Gasteiger partial charge is 0.399 e. The number of aromatic nitrogens is 2. The molecule has 2 fully saturated rings. The van der Waals surface area contributed by atoms with Crippen LogP contribution in [0.15, 0.2) is 23.3 Å². The van der Waals surface area contributed by atoms with E-state index in [1.165, 1.54) is 6.20 Å². The summed E-state index contributed by atoms with van der Waals surface area (Å²) in [4.78, 5) is 29.9. The topological polar surface area (TPSA) is 91.7 Å². The zero-order valence-corrected chi connectivity index (χ0v) is 22.4. The number of hydrogen-bond donors (Lipinski definition) is 1. The Morgan fingerprint density at radius 2 is 1.85 bits per heavy atom.